The Morgan fingerprint density at radius 2 is 1.86 bits per heavy atom. The minimum absolute atomic E-state index is 0.234. The van der Waals surface area contributed by atoms with E-state index < -0.39 is 43.0 Å². The van der Waals surface area contributed by atoms with Crippen LogP contribution in [0.5, 0.6) is 0 Å². The van der Waals surface area contributed by atoms with Gasteiger partial charge in [0.15, 0.2) is 0 Å². The topological polar surface area (TPSA) is 48.0 Å². The molecular weight excluding hydrogens is 281 g/mol. The lowest BCUT2D eigenvalue weighted by atomic mass is 9.75. The highest BCUT2D eigenvalue weighted by Gasteiger charge is 2.52. The van der Waals surface area contributed by atoms with Crippen molar-refractivity contribution >= 4 is 13.2 Å². The third kappa shape index (κ3) is 3.66. The fraction of sp³-hybridized carbons (Fsp3) is 0.812. The molecule has 2 aliphatic heterocycles. The molecule has 0 unspecified atom stereocenters. The normalized spacial score (nSPS) is 31.5. The standard InChI is InChI=1S/C16H28BNO4/c1-14(2,3)20-13(19)18-10-8-12(9-11-18)17-21-15(4,5)16(6,7)22-17/h8H,9-11H2,1-7H3/i10D2,11D2. The molecule has 0 aromatic rings. The van der Waals surface area contributed by atoms with Gasteiger partial charge in [-0.3, -0.25) is 0 Å². The smallest absolute Gasteiger partial charge is 0.444 e. The Morgan fingerprint density at radius 1 is 1.32 bits per heavy atom. The van der Waals surface area contributed by atoms with Gasteiger partial charge in [-0.2, -0.15) is 0 Å². The molecular formula is C16H28BNO4. The molecule has 1 fully saturated rings. The molecule has 1 saturated heterocycles. The zero-order valence-electron chi connectivity index (χ0n) is 18.4. The van der Waals surface area contributed by atoms with Gasteiger partial charge in [0.1, 0.15) is 5.60 Å². The van der Waals surface area contributed by atoms with Crippen molar-refractivity contribution in [2.75, 3.05) is 13.0 Å². The molecule has 0 saturated carbocycles. The first kappa shape index (κ1) is 12.4. The van der Waals surface area contributed by atoms with Crippen molar-refractivity contribution < 1.29 is 24.3 Å². The van der Waals surface area contributed by atoms with Crippen LogP contribution in [0.1, 0.15) is 60.4 Å². The van der Waals surface area contributed by atoms with E-state index in [4.69, 9.17) is 19.5 Å². The van der Waals surface area contributed by atoms with Gasteiger partial charge in [0, 0.05) is 15.7 Å². The molecule has 0 aromatic heterocycles. The lowest BCUT2D eigenvalue weighted by Gasteiger charge is -2.32. The Morgan fingerprint density at radius 3 is 2.32 bits per heavy atom. The molecule has 5 nitrogen and oxygen atoms in total. The van der Waals surface area contributed by atoms with Crippen LogP contribution in [0.15, 0.2) is 11.5 Å². The molecule has 2 rings (SSSR count). The van der Waals surface area contributed by atoms with E-state index in [1.54, 1.807) is 20.8 Å². The predicted octanol–water partition coefficient (Wildman–Crippen LogP) is 3.19. The Kier molecular flexibility index (Phi) is 3.14. The Hall–Kier alpha value is -1.01. The van der Waals surface area contributed by atoms with Gasteiger partial charge in [0.2, 0.25) is 0 Å². The molecule has 0 aromatic carbocycles. The first-order valence-electron chi connectivity index (χ1n) is 9.49. The fourth-order valence-corrected chi connectivity index (χ4v) is 1.99. The zero-order valence-corrected chi connectivity index (χ0v) is 14.4. The van der Waals surface area contributed by atoms with Crippen molar-refractivity contribution in [3.63, 3.8) is 0 Å². The Bertz CT molecular complexity index is 612. The number of ether oxygens (including phenoxy) is 1. The summed E-state index contributed by atoms with van der Waals surface area (Å²) in [6.07, 6.45) is -0.0834. The van der Waals surface area contributed by atoms with Crippen molar-refractivity contribution in [2.24, 2.45) is 0 Å². The van der Waals surface area contributed by atoms with Crippen LogP contribution >= 0.6 is 0 Å². The molecule has 0 aliphatic carbocycles. The summed E-state index contributed by atoms with van der Waals surface area (Å²) in [5.74, 6) is 0. The van der Waals surface area contributed by atoms with E-state index in [1.165, 1.54) is 6.08 Å². The number of carbonyl (C=O) groups is 1. The van der Waals surface area contributed by atoms with Crippen LogP contribution in [0.2, 0.25) is 0 Å². The minimum atomic E-state index is -2.39. The summed E-state index contributed by atoms with van der Waals surface area (Å²) in [5, 5.41) is 0. The summed E-state index contributed by atoms with van der Waals surface area (Å²) in [4.78, 5) is 12.9. The monoisotopic (exact) mass is 313 g/mol. The lowest BCUT2D eigenvalue weighted by molar-refractivity contribution is 0.00578. The van der Waals surface area contributed by atoms with Crippen molar-refractivity contribution in [2.45, 2.75) is 71.7 Å². The first-order chi connectivity index (χ1) is 11.4. The first-order valence-corrected chi connectivity index (χ1v) is 7.49. The van der Waals surface area contributed by atoms with Gasteiger partial charge in [-0.25, -0.2) is 4.79 Å². The molecule has 1 amide bonds. The summed E-state index contributed by atoms with van der Waals surface area (Å²) in [7, 11) is -0.870. The van der Waals surface area contributed by atoms with E-state index in [0.717, 1.165) is 0 Å². The van der Waals surface area contributed by atoms with Gasteiger partial charge in [-0.05, 0) is 60.4 Å². The highest BCUT2D eigenvalue weighted by atomic mass is 16.7. The number of hydrogen-bond donors (Lipinski definition) is 0. The number of nitrogens with zero attached hydrogens (tertiary/aromatic N) is 1. The maximum atomic E-state index is 12.4. The van der Waals surface area contributed by atoms with Crippen LogP contribution in [0, 0.1) is 0 Å². The molecule has 0 radical (unpaired) electrons. The van der Waals surface area contributed by atoms with Crippen LogP contribution in [-0.4, -0.2) is 47.9 Å². The molecule has 22 heavy (non-hydrogen) atoms. The highest BCUT2D eigenvalue weighted by molar-refractivity contribution is 6.54. The van der Waals surface area contributed by atoms with Gasteiger partial charge < -0.3 is 18.9 Å². The van der Waals surface area contributed by atoms with Crippen molar-refractivity contribution in [1.29, 1.82) is 0 Å². The third-order valence-corrected chi connectivity index (χ3v) is 3.95. The van der Waals surface area contributed by atoms with Crippen LogP contribution < -0.4 is 0 Å². The second-order valence-corrected chi connectivity index (χ2v) is 7.59. The van der Waals surface area contributed by atoms with E-state index in [9.17, 15) is 4.79 Å². The van der Waals surface area contributed by atoms with E-state index in [-0.39, 0.29) is 6.42 Å². The molecule has 0 bridgehead atoms. The van der Waals surface area contributed by atoms with E-state index in [2.05, 4.69) is 0 Å². The highest BCUT2D eigenvalue weighted by Crippen LogP contribution is 2.39. The lowest BCUT2D eigenvalue weighted by Crippen LogP contribution is -2.41. The van der Waals surface area contributed by atoms with Gasteiger partial charge >= 0.3 is 13.2 Å². The summed E-state index contributed by atoms with van der Waals surface area (Å²) in [5.41, 5.74) is -1.78. The van der Waals surface area contributed by atoms with Crippen LogP contribution in [0.25, 0.3) is 0 Å². The molecule has 0 spiro atoms. The minimum Gasteiger partial charge on any atom is -0.444 e. The Balaban J connectivity index is 2.34. The number of carbonyl (C=O) groups excluding carboxylic acids is 1. The molecule has 6 heteroatoms. The summed E-state index contributed by atoms with van der Waals surface area (Å²) >= 11 is 0. The van der Waals surface area contributed by atoms with Crippen LogP contribution in [0.4, 0.5) is 4.79 Å². The third-order valence-electron chi connectivity index (χ3n) is 3.95. The van der Waals surface area contributed by atoms with Gasteiger partial charge in [0.05, 0.1) is 13.9 Å². The van der Waals surface area contributed by atoms with Gasteiger partial charge in [-0.15, -0.1) is 0 Å². The van der Waals surface area contributed by atoms with Gasteiger partial charge in [-0.1, -0.05) is 6.08 Å². The largest absolute Gasteiger partial charge is 0.490 e. The SMILES string of the molecule is [2H]C1([2H])C=C(B2OC(C)(C)C(C)(C)O2)CC([2H])([2H])N1C(=O)OC(C)(C)C. The van der Waals surface area contributed by atoms with Crippen LogP contribution in [0.3, 0.4) is 0 Å². The number of hydrogen-bond acceptors (Lipinski definition) is 4. The Labute approximate surface area is 139 Å². The number of amides is 1. The zero-order chi connectivity index (χ0) is 20.3. The van der Waals surface area contributed by atoms with E-state index >= 15 is 0 Å². The predicted molar refractivity (Wildman–Crippen MR) is 86.6 cm³/mol. The van der Waals surface area contributed by atoms with Crippen molar-refractivity contribution in [3.8, 4) is 0 Å². The summed E-state index contributed by atoms with van der Waals surface area (Å²) in [6, 6.07) is 0. The fourth-order valence-electron chi connectivity index (χ4n) is 1.99. The molecule has 2 heterocycles. The summed E-state index contributed by atoms with van der Waals surface area (Å²) in [6.45, 7) is 7.73. The maximum absolute atomic E-state index is 12.4. The van der Waals surface area contributed by atoms with E-state index in [0.29, 0.717) is 10.4 Å². The average molecular weight is 313 g/mol. The van der Waals surface area contributed by atoms with Gasteiger partial charge in [0.25, 0.3) is 0 Å². The molecule has 0 atom stereocenters. The van der Waals surface area contributed by atoms with Crippen molar-refractivity contribution in [1.82, 2.24) is 4.90 Å². The summed E-state index contributed by atoms with van der Waals surface area (Å²) < 4.78 is 50.0. The van der Waals surface area contributed by atoms with E-state index in [1.807, 2.05) is 27.7 Å². The average Bonchev–Trinajstić information content (AvgIpc) is 2.52. The number of rotatable bonds is 1. The molecule has 0 N–H and O–H groups in total. The molecule has 2 aliphatic rings. The second kappa shape index (κ2) is 5.57. The van der Waals surface area contributed by atoms with Crippen molar-refractivity contribution in [3.05, 3.63) is 11.5 Å². The quantitative estimate of drug-likeness (QED) is 0.698. The second-order valence-electron chi connectivity index (χ2n) is 7.59. The van der Waals surface area contributed by atoms with Crippen LogP contribution in [-0.2, 0) is 14.0 Å². The maximum Gasteiger partial charge on any atom is 0.490 e. The molecule has 124 valence electrons.